The van der Waals surface area contributed by atoms with Gasteiger partial charge in [-0.2, -0.15) is 0 Å². The van der Waals surface area contributed by atoms with Gasteiger partial charge in [0, 0.05) is 37.9 Å². The Balaban J connectivity index is 1.51. The maximum Gasteiger partial charge on any atom is 0.258 e. The molecule has 0 spiro atoms. The molecule has 0 atom stereocenters. The maximum atomic E-state index is 13.0. The third-order valence-corrected chi connectivity index (χ3v) is 4.33. The van der Waals surface area contributed by atoms with Crippen molar-refractivity contribution in [3.63, 3.8) is 0 Å². The Kier molecular flexibility index (Phi) is 6.20. The number of nitrogens with one attached hydrogen (secondary N) is 2. The minimum absolute atomic E-state index is 0.140. The van der Waals surface area contributed by atoms with Gasteiger partial charge in [-0.05, 0) is 12.1 Å². The van der Waals surface area contributed by atoms with Gasteiger partial charge in [0.05, 0.1) is 18.9 Å². The molecule has 0 unspecified atom stereocenters. The Labute approximate surface area is 165 Å². The molecule has 1 aliphatic rings. The summed E-state index contributed by atoms with van der Waals surface area (Å²) in [5, 5.41) is 5.50. The largest absolute Gasteiger partial charge is 0.469 e. The van der Waals surface area contributed by atoms with Crippen LogP contribution in [0.1, 0.15) is 19.8 Å². The molecule has 1 fully saturated rings. The fourth-order valence-electron chi connectivity index (χ4n) is 2.99. The molecule has 0 aromatic carbocycles. The Bertz CT molecular complexity index is 856. The molecule has 2 aromatic rings. The number of hydrogen-bond acceptors (Lipinski definition) is 6. The molecule has 2 N–H and O–H groups in total. The molecule has 0 aliphatic heterocycles. The fraction of sp³-hybridized carbons (Fsp3) is 0.368. The number of ether oxygens (including phenoxy) is 2. The van der Waals surface area contributed by atoms with Crippen LogP contribution >= 0.6 is 0 Å². The number of amides is 2. The Morgan fingerprint density at radius 3 is 2.28 bits per heavy atom. The predicted molar refractivity (Wildman–Crippen MR) is 97.1 cm³/mol. The number of carbonyl (C=O) groups is 2. The molecule has 29 heavy (non-hydrogen) atoms. The summed E-state index contributed by atoms with van der Waals surface area (Å²) in [7, 11) is 0. The van der Waals surface area contributed by atoms with Crippen LogP contribution in [0.3, 0.4) is 0 Å². The maximum absolute atomic E-state index is 13.0. The Morgan fingerprint density at radius 2 is 1.72 bits per heavy atom. The van der Waals surface area contributed by atoms with Gasteiger partial charge in [0.2, 0.25) is 17.7 Å². The zero-order valence-corrected chi connectivity index (χ0v) is 15.7. The third-order valence-electron chi connectivity index (χ3n) is 4.33. The van der Waals surface area contributed by atoms with E-state index in [2.05, 4.69) is 20.6 Å². The van der Waals surface area contributed by atoms with Crippen LogP contribution in [-0.4, -0.2) is 46.6 Å². The van der Waals surface area contributed by atoms with E-state index in [-0.39, 0.29) is 42.8 Å². The minimum atomic E-state index is -0.756. The van der Waals surface area contributed by atoms with Gasteiger partial charge in [-0.3, -0.25) is 9.59 Å². The smallest absolute Gasteiger partial charge is 0.258 e. The second kappa shape index (κ2) is 8.80. The molecule has 0 radical (unpaired) electrons. The number of halogens is 2. The monoisotopic (exact) mass is 406 g/mol. The quantitative estimate of drug-likeness (QED) is 0.687. The lowest BCUT2D eigenvalue weighted by molar-refractivity contribution is -0.128. The van der Waals surface area contributed by atoms with Gasteiger partial charge in [-0.25, -0.2) is 18.7 Å². The minimum Gasteiger partial charge on any atom is -0.469 e. The molecular formula is C19H20F2N4O4. The molecule has 0 bridgehead atoms. The topological polar surface area (TPSA) is 102 Å². The van der Waals surface area contributed by atoms with Crippen LogP contribution in [0.5, 0.6) is 11.8 Å². The Morgan fingerprint density at radius 1 is 1.10 bits per heavy atom. The average Bonchev–Trinajstić information content (AvgIpc) is 2.66. The highest BCUT2D eigenvalue weighted by molar-refractivity contribution is 5.78. The van der Waals surface area contributed by atoms with E-state index in [9.17, 15) is 18.4 Å². The molecule has 1 aliphatic carbocycles. The highest BCUT2D eigenvalue weighted by atomic mass is 19.1. The van der Waals surface area contributed by atoms with Crippen molar-refractivity contribution in [2.24, 2.45) is 0 Å². The van der Waals surface area contributed by atoms with E-state index in [1.807, 2.05) is 0 Å². The molecule has 2 heterocycles. The van der Waals surface area contributed by atoms with Gasteiger partial charge in [0.15, 0.2) is 6.61 Å². The second-order valence-corrected chi connectivity index (χ2v) is 6.79. The fourth-order valence-corrected chi connectivity index (χ4v) is 2.99. The van der Waals surface area contributed by atoms with Crippen molar-refractivity contribution in [1.29, 1.82) is 0 Å². The van der Waals surface area contributed by atoms with Crippen molar-refractivity contribution in [1.82, 2.24) is 20.6 Å². The number of carbonyl (C=O) groups excluding carboxylic acids is 2. The number of hydrogen-bond donors (Lipinski definition) is 2. The average molecular weight is 406 g/mol. The lowest BCUT2D eigenvalue weighted by Gasteiger charge is -2.47. The van der Waals surface area contributed by atoms with E-state index in [1.165, 1.54) is 31.2 Å². The van der Waals surface area contributed by atoms with E-state index in [1.54, 1.807) is 0 Å². The van der Waals surface area contributed by atoms with Gasteiger partial charge in [0.1, 0.15) is 17.2 Å². The zero-order chi connectivity index (χ0) is 20.9. The van der Waals surface area contributed by atoms with Crippen LogP contribution < -0.4 is 20.1 Å². The molecule has 8 nitrogen and oxygen atoms in total. The van der Waals surface area contributed by atoms with Crippen molar-refractivity contribution in [3.05, 3.63) is 48.3 Å². The summed E-state index contributed by atoms with van der Waals surface area (Å²) < 4.78 is 36.9. The van der Waals surface area contributed by atoms with Gasteiger partial charge in [0.25, 0.3) is 5.91 Å². The van der Waals surface area contributed by atoms with Crippen molar-refractivity contribution < 1.29 is 27.8 Å². The molecule has 2 amide bonds. The molecular weight excluding hydrogens is 386 g/mol. The van der Waals surface area contributed by atoms with Crippen LogP contribution in [-0.2, 0) is 9.59 Å². The lowest BCUT2D eigenvalue weighted by atomic mass is 9.75. The summed E-state index contributed by atoms with van der Waals surface area (Å²) in [6, 6.07) is 4.95. The summed E-state index contributed by atoms with van der Waals surface area (Å²) >= 11 is 0. The molecule has 2 aromatic heterocycles. The van der Waals surface area contributed by atoms with Crippen LogP contribution in [0.15, 0.2) is 36.7 Å². The van der Waals surface area contributed by atoms with Crippen LogP contribution in [0.4, 0.5) is 8.78 Å². The summed E-state index contributed by atoms with van der Waals surface area (Å²) in [6.45, 7) is 1.35. The number of rotatable bonds is 8. The highest BCUT2D eigenvalue weighted by Gasteiger charge is 2.47. The number of nitrogens with zero attached hydrogens (tertiary/aromatic N) is 2. The third kappa shape index (κ3) is 5.84. The molecule has 10 heteroatoms. The normalized spacial score (nSPS) is 20.3. The van der Waals surface area contributed by atoms with Gasteiger partial charge in [-0.1, -0.05) is 0 Å². The molecule has 1 saturated carbocycles. The van der Waals surface area contributed by atoms with Gasteiger partial charge < -0.3 is 20.1 Å². The first-order valence-electron chi connectivity index (χ1n) is 8.92. The van der Waals surface area contributed by atoms with E-state index in [4.69, 9.17) is 9.47 Å². The summed E-state index contributed by atoms with van der Waals surface area (Å²) in [5.74, 6) is -1.19. The molecule has 154 valence electrons. The van der Waals surface area contributed by atoms with Crippen LogP contribution in [0, 0.1) is 11.6 Å². The molecule has 3 rings (SSSR count). The van der Waals surface area contributed by atoms with E-state index < -0.39 is 17.2 Å². The van der Waals surface area contributed by atoms with Gasteiger partial charge >= 0.3 is 0 Å². The van der Waals surface area contributed by atoms with Crippen molar-refractivity contribution in [2.75, 3.05) is 13.2 Å². The van der Waals surface area contributed by atoms with Crippen LogP contribution in [0.25, 0.3) is 0 Å². The van der Waals surface area contributed by atoms with Crippen molar-refractivity contribution >= 4 is 11.8 Å². The second-order valence-electron chi connectivity index (χ2n) is 6.79. The highest BCUT2D eigenvalue weighted by Crippen LogP contribution is 2.36. The van der Waals surface area contributed by atoms with E-state index in [0.717, 1.165) is 12.4 Å². The van der Waals surface area contributed by atoms with E-state index >= 15 is 0 Å². The SMILES string of the molecule is CC(=O)NCC1(Oc2ccc(F)cn2)CC(NC(=O)COc2ccc(F)cn2)C1. The number of pyridine rings is 2. The Hall–Kier alpha value is -3.30. The zero-order valence-electron chi connectivity index (χ0n) is 15.7. The van der Waals surface area contributed by atoms with Gasteiger partial charge in [-0.15, -0.1) is 0 Å². The number of aromatic nitrogens is 2. The first kappa shape index (κ1) is 20.4. The van der Waals surface area contributed by atoms with E-state index in [0.29, 0.717) is 12.8 Å². The molecule has 0 saturated heterocycles. The standard InChI is InChI=1S/C19H20F2N4O4/c1-12(26)24-11-19(29-18-5-3-14(21)9-23-18)6-15(7-19)25-16(27)10-28-17-4-2-13(20)8-22-17/h2-5,8-9,15H,6-7,10-11H2,1H3,(H,24,26)(H,25,27). The van der Waals surface area contributed by atoms with Crippen LogP contribution in [0.2, 0.25) is 0 Å². The summed E-state index contributed by atoms with van der Waals surface area (Å²) in [6.07, 6.45) is 2.89. The van der Waals surface area contributed by atoms with Crippen molar-refractivity contribution in [3.8, 4) is 11.8 Å². The summed E-state index contributed by atoms with van der Waals surface area (Å²) in [5.41, 5.74) is -0.756. The first-order chi connectivity index (χ1) is 13.8. The van der Waals surface area contributed by atoms with Crippen molar-refractivity contribution in [2.45, 2.75) is 31.4 Å². The summed E-state index contributed by atoms with van der Waals surface area (Å²) in [4.78, 5) is 30.9. The lowest BCUT2D eigenvalue weighted by Crippen LogP contribution is -2.63. The first-order valence-corrected chi connectivity index (χ1v) is 8.92. The predicted octanol–water partition coefficient (Wildman–Crippen LogP) is 1.37.